The fourth-order valence-corrected chi connectivity index (χ4v) is 2.63. The summed E-state index contributed by atoms with van der Waals surface area (Å²) in [5.41, 5.74) is 5.34. The predicted molar refractivity (Wildman–Crippen MR) is 120 cm³/mol. The average Bonchev–Trinajstić information content (AvgIpc) is 2.83. The molecule has 0 radical (unpaired) electrons. The molecule has 0 aliphatic rings. The highest BCUT2D eigenvalue weighted by molar-refractivity contribution is 6.08. The van der Waals surface area contributed by atoms with E-state index in [4.69, 9.17) is 15.6 Å². The van der Waals surface area contributed by atoms with Crippen molar-refractivity contribution in [2.45, 2.75) is 18.9 Å². The highest BCUT2D eigenvalue weighted by atomic mass is 19.4. The van der Waals surface area contributed by atoms with Gasteiger partial charge in [0.15, 0.2) is 0 Å². The summed E-state index contributed by atoms with van der Waals surface area (Å²) in [6.07, 6.45) is -9.76. The molecule has 14 heteroatoms. The van der Waals surface area contributed by atoms with Crippen molar-refractivity contribution in [2.75, 3.05) is 10.6 Å². The minimum Gasteiger partial charge on any atom is -0.475 e. The number of benzene rings is 2. The maximum absolute atomic E-state index is 13.0. The molecule has 1 heterocycles. The van der Waals surface area contributed by atoms with E-state index in [1.165, 1.54) is 30.3 Å². The topological polar surface area (TPSA) is 134 Å². The number of pyridine rings is 1. The molecule has 3 aromatic rings. The second kappa shape index (κ2) is 12.0. The number of halogens is 6. The number of hydrogen-bond acceptors (Lipinski definition) is 5. The molecule has 0 aliphatic carbocycles. The molecule has 3 rings (SSSR count). The van der Waals surface area contributed by atoms with Crippen LogP contribution in [0.25, 0.3) is 0 Å². The van der Waals surface area contributed by atoms with Crippen molar-refractivity contribution in [3.05, 3.63) is 89.1 Å². The largest absolute Gasteiger partial charge is 0.490 e. The Labute approximate surface area is 205 Å². The summed E-state index contributed by atoms with van der Waals surface area (Å²) < 4.78 is 70.8. The average molecular weight is 528 g/mol. The number of aliphatic carboxylic acids is 1. The lowest BCUT2D eigenvalue weighted by atomic mass is 10.1. The molecule has 2 aromatic carbocycles. The summed E-state index contributed by atoms with van der Waals surface area (Å²) in [6.45, 7) is -0.149. The lowest BCUT2D eigenvalue weighted by molar-refractivity contribution is -0.192. The molecule has 2 amide bonds. The zero-order chi connectivity index (χ0) is 27.8. The van der Waals surface area contributed by atoms with E-state index in [-0.39, 0.29) is 29.1 Å². The summed E-state index contributed by atoms with van der Waals surface area (Å²) in [5.74, 6) is -4.18. The van der Waals surface area contributed by atoms with Gasteiger partial charge in [-0.25, -0.2) is 9.78 Å². The van der Waals surface area contributed by atoms with Gasteiger partial charge in [0.1, 0.15) is 11.5 Å². The number of amides is 2. The normalized spacial score (nSPS) is 11.1. The molecule has 0 spiro atoms. The Morgan fingerprint density at radius 1 is 0.811 bits per heavy atom. The van der Waals surface area contributed by atoms with Gasteiger partial charge in [-0.1, -0.05) is 24.3 Å². The summed E-state index contributed by atoms with van der Waals surface area (Å²) in [7, 11) is 0. The molecule has 0 saturated heterocycles. The van der Waals surface area contributed by atoms with Crippen LogP contribution >= 0.6 is 0 Å². The molecular weight excluding hydrogens is 510 g/mol. The molecule has 0 fully saturated rings. The Bertz CT molecular complexity index is 1260. The number of carbonyl (C=O) groups excluding carboxylic acids is 2. The van der Waals surface area contributed by atoms with E-state index < -0.39 is 35.8 Å². The van der Waals surface area contributed by atoms with Crippen molar-refractivity contribution in [3.8, 4) is 0 Å². The third-order valence-electron chi connectivity index (χ3n) is 4.31. The van der Waals surface area contributed by atoms with Crippen molar-refractivity contribution < 1.29 is 45.8 Å². The van der Waals surface area contributed by atoms with Gasteiger partial charge in [0.05, 0.1) is 0 Å². The first-order valence-corrected chi connectivity index (χ1v) is 10.1. The van der Waals surface area contributed by atoms with E-state index in [1.54, 1.807) is 30.3 Å². The highest BCUT2D eigenvalue weighted by Gasteiger charge is 2.38. The van der Waals surface area contributed by atoms with E-state index >= 15 is 0 Å². The number of nitrogens with two attached hydrogens (primary N) is 1. The van der Waals surface area contributed by atoms with Gasteiger partial charge in [0, 0.05) is 23.4 Å². The van der Waals surface area contributed by atoms with Crippen LogP contribution < -0.4 is 16.4 Å². The second-order valence-electron chi connectivity index (χ2n) is 7.11. The summed E-state index contributed by atoms with van der Waals surface area (Å²) >= 11 is 0. The third-order valence-corrected chi connectivity index (χ3v) is 4.31. The number of alkyl halides is 6. The first-order valence-electron chi connectivity index (χ1n) is 10.1. The summed E-state index contributed by atoms with van der Waals surface area (Å²) in [6, 6.07) is 16.6. The Morgan fingerprint density at radius 3 is 1.84 bits per heavy atom. The molecule has 1 aromatic heterocycles. The first-order chi connectivity index (χ1) is 17.2. The van der Waals surface area contributed by atoms with Gasteiger partial charge in [-0.05, 0) is 48.0 Å². The van der Waals surface area contributed by atoms with Crippen LogP contribution in [0.5, 0.6) is 0 Å². The third kappa shape index (κ3) is 8.92. The molecular formula is C23H18F6N4O4. The van der Waals surface area contributed by atoms with Crippen molar-refractivity contribution >= 4 is 29.3 Å². The number of carboxylic acid groups (broad SMARTS) is 1. The van der Waals surface area contributed by atoms with Gasteiger partial charge in [-0.15, -0.1) is 0 Å². The predicted octanol–water partition coefficient (Wildman–Crippen LogP) is 4.70. The van der Waals surface area contributed by atoms with E-state index in [1.807, 2.05) is 0 Å². The smallest absolute Gasteiger partial charge is 0.475 e. The van der Waals surface area contributed by atoms with Crippen molar-refractivity contribution in [3.63, 3.8) is 0 Å². The number of anilines is 2. The van der Waals surface area contributed by atoms with Crippen LogP contribution in [0.15, 0.2) is 66.7 Å². The molecule has 0 atom stereocenters. The minimum absolute atomic E-state index is 0.0872. The Balaban J connectivity index is 0.000000604. The van der Waals surface area contributed by atoms with E-state index in [2.05, 4.69) is 15.6 Å². The van der Waals surface area contributed by atoms with Crippen LogP contribution in [0.2, 0.25) is 0 Å². The SMILES string of the molecule is NCc1cc(NC(=O)c2cccc(C(=O)Nc3ccccc3)c2)nc(C(F)(F)F)c1.O=C(O)C(F)(F)F. The number of nitrogens with zero attached hydrogens (tertiary/aromatic N) is 1. The fraction of sp³-hybridized carbons (Fsp3) is 0.130. The first kappa shape index (κ1) is 28.8. The van der Waals surface area contributed by atoms with E-state index in [0.717, 1.165) is 6.07 Å². The standard InChI is InChI=1S/C21H17F3N4O2.C2HF3O2/c22-21(23,24)17-9-13(12-25)10-18(27-17)28-20(30)15-6-4-5-14(11-15)19(29)26-16-7-2-1-3-8-16;3-2(4,5)1(6)7/h1-11H,12,25H2,(H,26,29)(H,27,28,30);(H,6,7). The molecule has 196 valence electrons. The molecule has 0 bridgehead atoms. The molecule has 8 nitrogen and oxygen atoms in total. The quantitative estimate of drug-likeness (QED) is 0.355. The van der Waals surface area contributed by atoms with Crippen LogP contribution in [0.4, 0.5) is 37.8 Å². The van der Waals surface area contributed by atoms with Crippen LogP contribution in [0, 0.1) is 0 Å². The molecule has 37 heavy (non-hydrogen) atoms. The maximum Gasteiger partial charge on any atom is 0.490 e. The zero-order valence-corrected chi connectivity index (χ0v) is 18.5. The van der Waals surface area contributed by atoms with Crippen molar-refractivity contribution in [2.24, 2.45) is 5.73 Å². The zero-order valence-electron chi connectivity index (χ0n) is 18.5. The number of para-hydroxylation sites is 1. The van der Waals surface area contributed by atoms with Crippen LogP contribution in [-0.2, 0) is 17.5 Å². The fourth-order valence-electron chi connectivity index (χ4n) is 2.63. The number of hydrogen-bond donors (Lipinski definition) is 4. The van der Waals surface area contributed by atoms with Crippen LogP contribution in [-0.4, -0.2) is 34.1 Å². The Hall–Kier alpha value is -4.46. The van der Waals surface area contributed by atoms with Crippen LogP contribution in [0.3, 0.4) is 0 Å². The number of nitrogens with one attached hydrogen (secondary N) is 2. The van der Waals surface area contributed by atoms with Gasteiger partial charge in [0.2, 0.25) is 0 Å². The van der Waals surface area contributed by atoms with Gasteiger partial charge < -0.3 is 21.5 Å². The molecule has 0 saturated carbocycles. The van der Waals surface area contributed by atoms with Gasteiger partial charge in [0.25, 0.3) is 11.8 Å². The number of carbonyl (C=O) groups is 3. The molecule has 0 unspecified atom stereocenters. The minimum atomic E-state index is -5.08. The highest BCUT2D eigenvalue weighted by Crippen LogP contribution is 2.29. The van der Waals surface area contributed by atoms with Gasteiger partial charge >= 0.3 is 18.3 Å². The van der Waals surface area contributed by atoms with Gasteiger partial charge in [-0.2, -0.15) is 26.3 Å². The monoisotopic (exact) mass is 528 g/mol. The Kier molecular flexibility index (Phi) is 9.32. The van der Waals surface area contributed by atoms with Crippen molar-refractivity contribution in [1.29, 1.82) is 0 Å². The van der Waals surface area contributed by atoms with Crippen molar-refractivity contribution in [1.82, 2.24) is 4.98 Å². The van der Waals surface area contributed by atoms with E-state index in [0.29, 0.717) is 5.69 Å². The van der Waals surface area contributed by atoms with Gasteiger partial charge in [-0.3, -0.25) is 9.59 Å². The Morgan fingerprint density at radius 2 is 1.35 bits per heavy atom. The number of aromatic nitrogens is 1. The lowest BCUT2D eigenvalue weighted by Crippen LogP contribution is -2.21. The molecule has 0 aliphatic heterocycles. The number of carboxylic acids is 1. The maximum atomic E-state index is 13.0. The van der Waals surface area contributed by atoms with Crippen LogP contribution in [0.1, 0.15) is 32.0 Å². The summed E-state index contributed by atoms with van der Waals surface area (Å²) in [4.78, 5) is 37.2. The second-order valence-corrected chi connectivity index (χ2v) is 7.11. The molecule has 5 N–H and O–H groups in total. The lowest BCUT2D eigenvalue weighted by Gasteiger charge is -2.12. The summed E-state index contributed by atoms with van der Waals surface area (Å²) in [5, 5.41) is 12.1. The van der Waals surface area contributed by atoms with E-state index in [9.17, 15) is 35.9 Å². The number of rotatable bonds is 5.